The van der Waals surface area contributed by atoms with Gasteiger partial charge in [-0.25, -0.2) is 0 Å². The number of aromatic hydroxyl groups is 1. The molecule has 3 rings (SSSR count). The number of phenolic OH excluding ortho intramolecular Hbond substituents is 1. The van der Waals surface area contributed by atoms with Crippen molar-refractivity contribution in [1.29, 1.82) is 0 Å². The molecule has 2 aromatic carbocycles. The Hall–Kier alpha value is -2.07. The van der Waals surface area contributed by atoms with Crippen LogP contribution in [0.3, 0.4) is 0 Å². The molecular formula is C16H18N2O2. The summed E-state index contributed by atoms with van der Waals surface area (Å²) >= 11 is 0. The van der Waals surface area contributed by atoms with Crippen molar-refractivity contribution in [2.75, 3.05) is 18.4 Å². The van der Waals surface area contributed by atoms with Gasteiger partial charge in [0.2, 0.25) is 5.91 Å². The minimum atomic E-state index is 0.00238. The lowest BCUT2D eigenvalue weighted by Gasteiger charge is -2.15. The van der Waals surface area contributed by atoms with E-state index < -0.39 is 0 Å². The van der Waals surface area contributed by atoms with Gasteiger partial charge in [0.25, 0.3) is 0 Å². The molecule has 4 nitrogen and oxygen atoms in total. The van der Waals surface area contributed by atoms with Gasteiger partial charge in [0.05, 0.1) is 5.92 Å². The van der Waals surface area contributed by atoms with Crippen molar-refractivity contribution in [3.63, 3.8) is 0 Å². The van der Waals surface area contributed by atoms with E-state index in [1.165, 1.54) is 0 Å². The third kappa shape index (κ3) is 2.23. The van der Waals surface area contributed by atoms with Gasteiger partial charge in [-0.3, -0.25) is 4.79 Å². The number of hydrogen-bond donors (Lipinski definition) is 3. The highest BCUT2D eigenvalue weighted by atomic mass is 16.3. The second kappa shape index (κ2) is 5.13. The summed E-state index contributed by atoms with van der Waals surface area (Å²) in [6, 6.07) is 10.9. The number of amides is 1. The zero-order chi connectivity index (χ0) is 14.1. The summed E-state index contributed by atoms with van der Waals surface area (Å²) in [5.74, 6) is 0.619. The second-order valence-electron chi connectivity index (χ2n) is 5.41. The van der Waals surface area contributed by atoms with E-state index in [0.29, 0.717) is 5.92 Å². The fourth-order valence-electron chi connectivity index (χ4n) is 2.79. The van der Waals surface area contributed by atoms with Crippen molar-refractivity contribution in [3.05, 3.63) is 36.4 Å². The lowest BCUT2D eigenvalue weighted by molar-refractivity contribution is -0.120. The van der Waals surface area contributed by atoms with Gasteiger partial charge in [0.15, 0.2) is 0 Å². The van der Waals surface area contributed by atoms with Crippen LogP contribution >= 0.6 is 0 Å². The standard InChI is InChI=1S/C16H18N2O2/c1-10-8-17-9-13(10)16(20)18-14-6-2-5-12-11(14)4-3-7-15(12)19/h2-7,10,13,17,19H,8-9H2,1H3,(H,18,20). The minimum absolute atomic E-state index is 0.00238. The normalized spacial score (nSPS) is 22.1. The van der Waals surface area contributed by atoms with Crippen molar-refractivity contribution in [1.82, 2.24) is 5.32 Å². The monoisotopic (exact) mass is 270 g/mol. The molecule has 1 aliphatic heterocycles. The maximum Gasteiger partial charge on any atom is 0.229 e. The summed E-state index contributed by atoms with van der Waals surface area (Å²) in [5.41, 5.74) is 0.752. The fraction of sp³-hybridized carbons (Fsp3) is 0.312. The van der Waals surface area contributed by atoms with Gasteiger partial charge in [-0.1, -0.05) is 31.2 Å². The van der Waals surface area contributed by atoms with Crippen LogP contribution in [-0.4, -0.2) is 24.1 Å². The average molecular weight is 270 g/mol. The molecule has 1 heterocycles. The fourth-order valence-corrected chi connectivity index (χ4v) is 2.79. The first-order chi connectivity index (χ1) is 9.66. The molecule has 2 aromatic rings. The van der Waals surface area contributed by atoms with Gasteiger partial charge >= 0.3 is 0 Å². The van der Waals surface area contributed by atoms with E-state index in [-0.39, 0.29) is 17.6 Å². The molecular weight excluding hydrogens is 252 g/mol. The Balaban J connectivity index is 1.91. The van der Waals surface area contributed by atoms with E-state index in [0.717, 1.165) is 29.5 Å². The van der Waals surface area contributed by atoms with Gasteiger partial charge in [0.1, 0.15) is 5.75 Å². The number of anilines is 1. The Morgan fingerprint density at radius 2 is 1.95 bits per heavy atom. The summed E-state index contributed by atoms with van der Waals surface area (Å²) in [6.45, 7) is 3.69. The van der Waals surface area contributed by atoms with E-state index >= 15 is 0 Å². The predicted octanol–water partition coefficient (Wildman–Crippen LogP) is 2.34. The molecule has 2 atom stereocenters. The first-order valence-corrected chi connectivity index (χ1v) is 6.89. The van der Waals surface area contributed by atoms with Crippen LogP contribution in [-0.2, 0) is 4.79 Å². The van der Waals surface area contributed by atoms with Crippen molar-refractivity contribution < 1.29 is 9.90 Å². The maximum atomic E-state index is 12.3. The molecule has 0 saturated carbocycles. The average Bonchev–Trinajstić information content (AvgIpc) is 2.86. The van der Waals surface area contributed by atoms with Crippen LogP contribution in [0.1, 0.15) is 6.92 Å². The Bertz CT molecular complexity index is 654. The quantitative estimate of drug-likeness (QED) is 0.785. The summed E-state index contributed by atoms with van der Waals surface area (Å²) < 4.78 is 0. The second-order valence-corrected chi connectivity index (χ2v) is 5.41. The van der Waals surface area contributed by atoms with Gasteiger partial charge in [-0.2, -0.15) is 0 Å². The predicted molar refractivity (Wildman–Crippen MR) is 79.8 cm³/mol. The first kappa shape index (κ1) is 12.9. The molecule has 104 valence electrons. The van der Waals surface area contributed by atoms with Crippen LogP contribution in [0.25, 0.3) is 10.8 Å². The molecule has 1 fully saturated rings. The molecule has 20 heavy (non-hydrogen) atoms. The number of carbonyl (C=O) groups excluding carboxylic acids is 1. The van der Waals surface area contributed by atoms with E-state index in [2.05, 4.69) is 17.6 Å². The molecule has 0 spiro atoms. The first-order valence-electron chi connectivity index (χ1n) is 6.89. The molecule has 1 aliphatic rings. The highest BCUT2D eigenvalue weighted by Crippen LogP contribution is 2.30. The number of benzene rings is 2. The summed E-state index contributed by atoms with van der Waals surface area (Å²) in [6.07, 6.45) is 0. The Labute approximate surface area is 117 Å². The Kier molecular flexibility index (Phi) is 3.32. The highest BCUT2D eigenvalue weighted by Gasteiger charge is 2.29. The van der Waals surface area contributed by atoms with Crippen LogP contribution in [0.4, 0.5) is 5.69 Å². The van der Waals surface area contributed by atoms with Crippen LogP contribution in [0.15, 0.2) is 36.4 Å². The SMILES string of the molecule is CC1CNCC1C(=O)Nc1cccc2c(O)cccc12. The number of rotatable bonds is 2. The van der Waals surface area contributed by atoms with Gasteiger partial charge in [-0.05, 0) is 24.6 Å². The van der Waals surface area contributed by atoms with Crippen LogP contribution in [0.2, 0.25) is 0 Å². The smallest absolute Gasteiger partial charge is 0.229 e. The zero-order valence-electron chi connectivity index (χ0n) is 11.4. The lowest BCUT2D eigenvalue weighted by atomic mass is 9.97. The molecule has 3 N–H and O–H groups in total. The number of fused-ring (bicyclic) bond motifs is 1. The molecule has 0 radical (unpaired) electrons. The van der Waals surface area contributed by atoms with Gasteiger partial charge < -0.3 is 15.7 Å². The Morgan fingerprint density at radius 3 is 2.70 bits per heavy atom. The van der Waals surface area contributed by atoms with E-state index in [1.54, 1.807) is 12.1 Å². The van der Waals surface area contributed by atoms with Crippen molar-refractivity contribution in [3.8, 4) is 5.75 Å². The lowest BCUT2D eigenvalue weighted by Crippen LogP contribution is -2.27. The number of phenols is 1. The van der Waals surface area contributed by atoms with Crippen molar-refractivity contribution in [2.45, 2.75) is 6.92 Å². The molecule has 0 bridgehead atoms. The molecule has 2 unspecified atom stereocenters. The number of nitrogens with one attached hydrogen (secondary N) is 2. The summed E-state index contributed by atoms with van der Waals surface area (Å²) in [4.78, 5) is 12.3. The van der Waals surface area contributed by atoms with E-state index in [1.807, 2.05) is 24.3 Å². The molecule has 4 heteroatoms. The maximum absolute atomic E-state index is 12.3. The van der Waals surface area contributed by atoms with Gasteiger partial charge in [0, 0.05) is 23.0 Å². The van der Waals surface area contributed by atoms with Crippen molar-refractivity contribution >= 4 is 22.4 Å². The summed E-state index contributed by atoms with van der Waals surface area (Å²) in [7, 11) is 0. The van der Waals surface area contributed by atoms with Crippen LogP contribution in [0, 0.1) is 11.8 Å². The largest absolute Gasteiger partial charge is 0.507 e. The Morgan fingerprint density at radius 1 is 1.20 bits per heavy atom. The van der Waals surface area contributed by atoms with Crippen molar-refractivity contribution in [2.24, 2.45) is 11.8 Å². The summed E-state index contributed by atoms with van der Waals surface area (Å²) in [5, 5.41) is 17.7. The van der Waals surface area contributed by atoms with Crippen LogP contribution < -0.4 is 10.6 Å². The van der Waals surface area contributed by atoms with Gasteiger partial charge in [-0.15, -0.1) is 0 Å². The third-order valence-electron chi connectivity index (χ3n) is 4.01. The number of hydrogen-bond acceptors (Lipinski definition) is 3. The minimum Gasteiger partial charge on any atom is -0.507 e. The zero-order valence-corrected chi connectivity index (χ0v) is 11.4. The highest BCUT2D eigenvalue weighted by molar-refractivity contribution is 6.04. The van der Waals surface area contributed by atoms with E-state index in [4.69, 9.17) is 0 Å². The molecule has 0 aromatic heterocycles. The topological polar surface area (TPSA) is 61.4 Å². The molecule has 1 amide bonds. The van der Waals surface area contributed by atoms with E-state index in [9.17, 15) is 9.90 Å². The molecule has 0 aliphatic carbocycles. The molecule has 1 saturated heterocycles. The third-order valence-corrected chi connectivity index (χ3v) is 4.01. The van der Waals surface area contributed by atoms with Crippen LogP contribution in [0.5, 0.6) is 5.75 Å². The number of carbonyl (C=O) groups is 1.